The van der Waals surface area contributed by atoms with Crippen molar-refractivity contribution >= 4 is 28.1 Å². The molecule has 0 fully saturated rings. The molecule has 6 heteroatoms. The summed E-state index contributed by atoms with van der Waals surface area (Å²) in [6.07, 6.45) is 1.74. The average molecular weight is 467 g/mol. The van der Waals surface area contributed by atoms with Crippen molar-refractivity contribution in [3.05, 3.63) is 119 Å². The highest BCUT2D eigenvalue weighted by atomic mass is 32.1. The Balaban J connectivity index is 1.17. The number of fused-ring (bicyclic) bond motifs is 1. The molecule has 0 aliphatic rings. The van der Waals surface area contributed by atoms with Crippen LogP contribution >= 0.6 is 11.3 Å². The van der Waals surface area contributed by atoms with Crippen molar-refractivity contribution in [3.8, 4) is 16.6 Å². The molecule has 0 bridgehead atoms. The van der Waals surface area contributed by atoms with Crippen LogP contribution in [0.4, 0.5) is 0 Å². The summed E-state index contributed by atoms with van der Waals surface area (Å²) in [5.41, 5.74) is 2.59. The number of aromatic nitrogens is 1. The molecule has 0 radical (unpaired) electrons. The molecule has 0 saturated carbocycles. The summed E-state index contributed by atoms with van der Waals surface area (Å²) in [5.74, 6) is 1.33. The molecular formula is C28H22N2O3S. The van der Waals surface area contributed by atoms with Crippen molar-refractivity contribution in [1.29, 1.82) is 0 Å². The number of carbonyl (C=O) groups is 1. The highest BCUT2D eigenvalue weighted by Crippen LogP contribution is 2.31. The molecule has 5 rings (SSSR count). The molecular weight excluding hydrogens is 444 g/mol. The van der Waals surface area contributed by atoms with Gasteiger partial charge < -0.3 is 14.8 Å². The maximum Gasteiger partial charge on any atom is 0.251 e. The van der Waals surface area contributed by atoms with E-state index in [-0.39, 0.29) is 5.91 Å². The summed E-state index contributed by atoms with van der Waals surface area (Å²) in [6, 6.07) is 30.8. The molecule has 0 saturated heterocycles. The lowest BCUT2D eigenvalue weighted by Gasteiger charge is -2.08. The van der Waals surface area contributed by atoms with E-state index in [9.17, 15) is 4.79 Å². The second-order valence-corrected chi connectivity index (χ2v) is 8.80. The van der Waals surface area contributed by atoms with Gasteiger partial charge in [-0.2, -0.15) is 0 Å². The lowest BCUT2D eigenvalue weighted by atomic mass is 10.1. The number of thiophene rings is 1. The Labute approximate surface area is 201 Å². The van der Waals surface area contributed by atoms with Gasteiger partial charge >= 0.3 is 0 Å². The van der Waals surface area contributed by atoms with Crippen LogP contribution in [0.5, 0.6) is 16.6 Å². The van der Waals surface area contributed by atoms with Gasteiger partial charge in [0.1, 0.15) is 18.1 Å². The Morgan fingerprint density at radius 3 is 2.65 bits per heavy atom. The van der Waals surface area contributed by atoms with Gasteiger partial charge in [0, 0.05) is 28.1 Å². The number of pyridine rings is 1. The molecule has 0 spiro atoms. The van der Waals surface area contributed by atoms with Gasteiger partial charge in [0.15, 0.2) is 5.06 Å². The molecule has 3 aromatic carbocycles. The third-order valence-corrected chi connectivity index (χ3v) is 6.16. The van der Waals surface area contributed by atoms with Gasteiger partial charge in [0.2, 0.25) is 0 Å². The highest BCUT2D eigenvalue weighted by molar-refractivity contribution is 7.13. The standard InChI is InChI=1S/C28H22N2O3S/c31-28(22-11-13-26-21(16-22)8-5-15-29-26)30-18-25-12-14-27(34-25)33-24-10-4-9-23(17-24)32-19-20-6-2-1-3-7-20/h1-17H,18-19H2,(H,30,31). The minimum atomic E-state index is -0.120. The zero-order valence-corrected chi connectivity index (χ0v) is 19.1. The molecule has 5 nitrogen and oxygen atoms in total. The van der Waals surface area contributed by atoms with E-state index in [1.54, 1.807) is 12.3 Å². The average Bonchev–Trinajstić information content (AvgIpc) is 3.33. The first kappa shape index (κ1) is 21.7. The fourth-order valence-corrected chi connectivity index (χ4v) is 4.29. The third-order valence-electron chi connectivity index (χ3n) is 5.20. The minimum absolute atomic E-state index is 0.120. The topological polar surface area (TPSA) is 60.5 Å². The first-order chi connectivity index (χ1) is 16.7. The Kier molecular flexibility index (Phi) is 6.49. The molecule has 2 aromatic heterocycles. The molecule has 1 amide bonds. The van der Waals surface area contributed by atoms with E-state index < -0.39 is 0 Å². The molecule has 5 aromatic rings. The van der Waals surface area contributed by atoms with E-state index in [4.69, 9.17) is 9.47 Å². The molecule has 1 N–H and O–H groups in total. The molecule has 2 heterocycles. The number of benzene rings is 3. The number of amides is 1. The molecule has 0 aliphatic carbocycles. The molecule has 0 unspecified atom stereocenters. The van der Waals surface area contributed by atoms with Crippen LogP contribution in [0.1, 0.15) is 20.8 Å². The second kappa shape index (κ2) is 10.2. The maximum absolute atomic E-state index is 12.6. The molecule has 34 heavy (non-hydrogen) atoms. The van der Waals surface area contributed by atoms with Crippen molar-refractivity contribution in [2.45, 2.75) is 13.2 Å². The van der Waals surface area contributed by atoms with Crippen LogP contribution in [-0.2, 0) is 13.2 Å². The monoisotopic (exact) mass is 466 g/mol. The van der Waals surface area contributed by atoms with Crippen LogP contribution in [0.25, 0.3) is 10.9 Å². The van der Waals surface area contributed by atoms with E-state index in [0.29, 0.717) is 24.5 Å². The van der Waals surface area contributed by atoms with Crippen molar-refractivity contribution in [1.82, 2.24) is 10.3 Å². The van der Waals surface area contributed by atoms with Gasteiger partial charge in [0.25, 0.3) is 5.91 Å². The van der Waals surface area contributed by atoms with Crippen LogP contribution in [0.2, 0.25) is 0 Å². The molecule has 168 valence electrons. The van der Waals surface area contributed by atoms with Gasteiger partial charge in [-0.3, -0.25) is 9.78 Å². The van der Waals surface area contributed by atoms with E-state index in [1.807, 2.05) is 91.0 Å². The van der Waals surface area contributed by atoms with Gasteiger partial charge in [-0.05, 0) is 54.1 Å². The fourth-order valence-electron chi connectivity index (χ4n) is 3.48. The number of nitrogens with one attached hydrogen (secondary N) is 1. The Morgan fingerprint density at radius 2 is 1.74 bits per heavy atom. The SMILES string of the molecule is O=C(NCc1ccc(Oc2cccc(OCc3ccccc3)c2)s1)c1ccc2ncccc2c1. The largest absolute Gasteiger partial charge is 0.489 e. The van der Waals surface area contributed by atoms with Gasteiger partial charge in [-0.15, -0.1) is 11.3 Å². The number of nitrogens with zero attached hydrogens (tertiary/aromatic N) is 1. The summed E-state index contributed by atoms with van der Waals surface area (Å²) in [5, 5.41) is 4.67. The smallest absolute Gasteiger partial charge is 0.251 e. The zero-order valence-electron chi connectivity index (χ0n) is 18.3. The molecule has 0 aliphatic heterocycles. The van der Waals surface area contributed by atoms with Crippen molar-refractivity contribution in [2.24, 2.45) is 0 Å². The zero-order chi connectivity index (χ0) is 23.2. The predicted molar refractivity (Wildman–Crippen MR) is 135 cm³/mol. The first-order valence-corrected chi connectivity index (χ1v) is 11.7. The summed E-state index contributed by atoms with van der Waals surface area (Å²) in [7, 11) is 0. The molecule has 0 atom stereocenters. The maximum atomic E-state index is 12.6. The lowest BCUT2D eigenvalue weighted by molar-refractivity contribution is 0.0951. The quantitative estimate of drug-likeness (QED) is 0.280. The Bertz CT molecular complexity index is 1420. The summed E-state index contributed by atoms with van der Waals surface area (Å²) < 4.78 is 11.9. The lowest BCUT2D eigenvalue weighted by Crippen LogP contribution is -2.22. The summed E-state index contributed by atoms with van der Waals surface area (Å²) >= 11 is 1.50. The fraction of sp³-hybridized carbons (Fsp3) is 0.0714. The van der Waals surface area contributed by atoms with Gasteiger partial charge in [-0.1, -0.05) is 42.5 Å². The normalized spacial score (nSPS) is 10.7. The Hall–Kier alpha value is -4.16. The summed E-state index contributed by atoms with van der Waals surface area (Å²) in [4.78, 5) is 17.9. The Morgan fingerprint density at radius 1 is 0.853 bits per heavy atom. The highest BCUT2D eigenvalue weighted by Gasteiger charge is 2.09. The number of rotatable bonds is 8. The van der Waals surface area contributed by atoms with Crippen LogP contribution in [0.3, 0.4) is 0 Å². The van der Waals surface area contributed by atoms with Gasteiger partial charge in [-0.25, -0.2) is 0 Å². The van der Waals surface area contributed by atoms with Crippen LogP contribution < -0.4 is 14.8 Å². The van der Waals surface area contributed by atoms with Crippen LogP contribution in [0.15, 0.2) is 103 Å². The van der Waals surface area contributed by atoms with Gasteiger partial charge in [0.05, 0.1) is 12.1 Å². The number of ether oxygens (including phenoxy) is 2. The van der Waals surface area contributed by atoms with Crippen LogP contribution in [-0.4, -0.2) is 10.9 Å². The van der Waals surface area contributed by atoms with E-state index in [2.05, 4.69) is 10.3 Å². The van der Waals surface area contributed by atoms with Crippen molar-refractivity contribution in [3.63, 3.8) is 0 Å². The number of hydrogen-bond donors (Lipinski definition) is 1. The third kappa shape index (κ3) is 5.42. The summed E-state index contributed by atoms with van der Waals surface area (Å²) in [6.45, 7) is 0.930. The minimum Gasteiger partial charge on any atom is -0.489 e. The number of carbonyl (C=O) groups excluding carboxylic acids is 1. The van der Waals surface area contributed by atoms with Crippen LogP contribution in [0, 0.1) is 0 Å². The van der Waals surface area contributed by atoms with Crippen molar-refractivity contribution in [2.75, 3.05) is 0 Å². The van der Waals surface area contributed by atoms with E-state index in [1.165, 1.54) is 11.3 Å². The van der Waals surface area contributed by atoms with Crippen molar-refractivity contribution < 1.29 is 14.3 Å². The van der Waals surface area contributed by atoms with E-state index in [0.717, 1.165) is 32.2 Å². The first-order valence-electron chi connectivity index (χ1n) is 10.9. The number of hydrogen-bond acceptors (Lipinski definition) is 5. The van der Waals surface area contributed by atoms with E-state index >= 15 is 0 Å². The second-order valence-electron chi connectivity index (χ2n) is 7.67. The predicted octanol–water partition coefficient (Wildman–Crippen LogP) is 6.60.